The van der Waals surface area contributed by atoms with E-state index in [0.29, 0.717) is 11.6 Å². The number of benzene rings is 1. The zero-order chi connectivity index (χ0) is 15.8. The molecule has 0 atom stereocenters. The summed E-state index contributed by atoms with van der Waals surface area (Å²) in [6.07, 6.45) is 3.95. The van der Waals surface area contributed by atoms with Crippen molar-refractivity contribution in [2.24, 2.45) is 5.92 Å². The number of fused-ring (bicyclic) bond motifs is 1. The molecule has 1 amide bonds. The molecule has 5 heteroatoms. The first-order chi connectivity index (χ1) is 11.2. The topological polar surface area (TPSA) is 45.2 Å². The van der Waals surface area contributed by atoms with Crippen molar-refractivity contribution in [3.8, 4) is 0 Å². The molecule has 1 saturated heterocycles. The second-order valence-corrected chi connectivity index (χ2v) is 6.55. The van der Waals surface area contributed by atoms with E-state index in [1.807, 2.05) is 12.1 Å². The Bertz CT molecular complexity index is 736. The lowest BCUT2D eigenvalue weighted by atomic mass is 9.96. The van der Waals surface area contributed by atoms with Gasteiger partial charge in [-0.15, -0.1) is 0 Å². The minimum Gasteiger partial charge on any atom is -0.357 e. The van der Waals surface area contributed by atoms with Crippen LogP contribution in [0.15, 0.2) is 30.3 Å². The predicted octanol–water partition coefficient (Wildman–Crippen LogP) is 2.87. The average molecular weight is 313 g/mol. The molecule has 0 spiro atoms. The Hall–Kier alpha value is -2.17. The van der Waals surface area contributed by atoms with Crippen LogP contribution in [0.3, 0.4) is 0 Å². The van der Waals surface area contributed by atoms with Crippen molar-refractivity contribution in [3.63, 3.8) is 0 Å². The zero-order valence-electron chi connectivity index (χ0n) is 13.0. The van der Waals surface area contributed by atoms with Gasteiger partial charge in [-0.2, -0.15) is 0 Å². The Balaban J connectivity index is 1.44. The molecule has 0 unspecified atom stereocenters. The number of anilines is 1. The van der Waals surface area contributed by atoms with E-state index in [9.17, 15) is 9.18 Å². The number of nitrogens with one attached hydrogen (secondary N) is 1. The van der Waals surface area contributed by atoms with Crippen molar-refractivity contribution in [2.75, 3.05) is 18.0 Å². The monoisotopic (exact) mass is 313 g/mol. The molecule has 2 fully saturated rings. The molecule has 4 nitrogen and oxygen atoms in total. The summed E-state index contributed by atoms with van der Waals surface area (Å²) in [5.74, 6) is 0.923. The van der Waals surface area contributed by atoms with Crippen molar-refractivity contribution in [3.05, 3.63) is 36.1 Å². The number of pyridine rings is 1. The first-order valence-corrected chi connectivity index (χ1v) is 8.31. The van der Waals surface area contributed by atoms with E-state index in [-0.39, 0.29) is 17.6 Å². The predicted molar refractivity (Wildman–Crippen MR) is 87.8 cm³/mol. The van der Waals surface area contributed by atoms with Crippen LogP contribution in [0, 0.1) is 11.7 Å². The van der Waals surface area contributed by atoms with Crippen LogP contribution >= 0.6 is 0 Å². The molecule has 2 aliphatic rings. The molecule has 1 aromatic carbocycles. The van der Waals surface area contributed by atoms with Gasteiger partial charge in [0.15, 0.2) is 0 Å². The maximum Gasteiger partial charge on any atom is 0.223 e. The molecule has 0 radical (unpaired) electrons. The van der Waals surface area contributed by atoms with Crippen molar-refractivity contribution < 1.29 is 9.18 Å². The van der Waals surface area contributed by atoms with E-state index >= 15 is 0 Å². The second kappa shape index (κ2) is 5.80. The summed E-state index contributed by atoms with van der Waals surface area (Å²) in [6, 6.07) is 9.05. The number of amides is 1. The van der Waals surface area contributed by atoms with Crippen molar-refractivity contribution in [2.45, 2.75) is 31.7 Å². The maximum atomic E-state index is 13.4. The lowest BCUT2D eigenvalue weighted by Crippen LogP contribution is -2.41. The van der Waals surface area contributed by atoms with Gasteiger partial charge in [-0.05, 0) is 49.9 Å². The van der Waals surface area contributed by atoms with E-state index in [1.54, 1.807) is 6.07 Å². The van der Waals surface area contributed by atoms with Crippen LogP contribution in [0.25, 0.3) is 10.9 Å². The Morgan fingerprint density at radius 2 is 1.87 bits per heavy atom. The SMILES string of the molecule is O=C(NC1CC1)C1CCN(c2ccc3ccc(F)cc3n2)CC1. The fourth-order valence-electron chi connectivity index (χ4n) is 3.17. The summed E-state index contributed by atoms with van der Waals surface area (Å²) in [6.45, 7) is 1.63. The average Bonchev–Trinajstić information content (AvgIpc) is 3.38. The van der Waals surface area contributed by atoms with E-state index in [1.165, 1.54) is 12.1 Å². The lowest BCUT2D eigenvalue weighted by Gasteiger charge is -2.32. The first kappa shape index (κ1) is 14.4. The van der Waals surface area contributed by atoms with Crippen LogP contribution in [0.2, 0.25) is 0 Å². The van der Waals surface area contributed by atoms with Crippen molar-refractivity contribution in [1.82, 2.24) is 10.3 Å². The van der Waals surface area contributed by atoms with E-state index in [2.05, 4.69) is 15.2 Å². The molecule has 2 aromatic rings. The first-order valence-electron chi connectivity index (χ1n) is 8.31. The van der Waals surface area contributed by atoms with Gasteiger partial charge in [0.05, 0.1) is 5.52 Å². The summed E-state index contributed by atoms with van der Waals surface area (Å²) >= 11 is 0. The molecular formula is C18H20FN3O. The lowest BCUT2D eigenvalue weighted by molar-refractivity contribution is -0.125. The molecule has 1 saturated carbocycles. The number of nitrogens with zero attached hydrogens (tertiary/aromatic N) is 2. The van der Waals surface area contributed by atoms with Gasteiger partial charge >= 0.3 is 0 Å². The van der Waals surface area contributed by atoms with Gasteiger partial charge in [0.25, 0.3) is 0 Å². The van der Waals surface area contributed by atoms with Gasteiger partial charge in [-0.3, -0.25) is 4.79 Å². The zero-order valence-corrected chi connectivity index (χ0v) is 13.0. The third-order valence-electron chi connectivity index (χ3n) is 4.75. The molecule has 4 rings (SSSR count). The molecule has 1 N–H and O–H groups in total. The van der Waals surface area contributed by atoms with E-state index < -0.39 is 0 Å². The largest absolute Gasteiger partial charge is 0.357 e. The van der Waals surface area contributed by atoms with Crippen LogP contribution in [0.1, 0.15) is 25.7 Å². The summed E-state index contributed by atoms with van der Waals surface area (Å²) < 4.78 is 13.4. The van der Waals surface area contributed by atoms with Crippen LogP contribution < -0.4 is 10.2 Å². The van der Waals surface area contributed by atoms with Gasteiger partial charge in [-0.1, -0.05) is 0 Å². The van der Waals surface area contributed by atoms with Crippen molar-refractivity contribution >= 4 is 22.6 Å². The molecular weight excluding hydrogens is 293 g/mol. The van der Waals surface area contributed by atoms with E-state index in [0.717, 1.165) is 50.0 Å². The molecule has 23 heavy (non-hydrogen) atoms. The number of hydrogen-bond donors (Lipinski definition) is 1. The van der Waals surface area contributed by atoms with Crippen LogP contribution in [0.5, 0.6) is 0 Å². The Labute approximate surface area is 134 Å². The highest BCUT2D eigenvalue weighted by Crippen LogP contribution is 2.26. The summed E-state index contributed by atoms with van der Waals surface area (Å²) in [7, 11) is 0. The molecule has 2 heterocycles. The Morgan fingerprint density at radius 3 is 2.61 bits per heavy atom. The highest BCUT2D eigenvalue weighted by Gasteiger charge is 2.30. The number of carbonyl (C=O) groups excluding carboxylic acids is 1. The van der Waals surface area contributed by atoms with Crippen molar-refractivity contribution in [1.29, 1.82) is 0 Å². The second-order valence-electron chi connectivity index (χ2n) is 6.55. The van der Waals surface area contributed by atoms with Gasteiger partial charge in [0, 0.05) is 36.5 Å². The normalized spacial score (nSPS) is 19.1. The summed E-state index contributed by atoms with van der Waals surface area (Å²) in [4.78, 5) is 18.9. The number of hydrogen-bond acceptors (Lipinski definition) is 3. The van der Waals surface area contributed by atoms with Crippen LogP contribution in [-0.4, -0.2) is 30.0 Å². The molecule has 1 aromatic heterocycles. The van der Waals surface area contributed by atoms with Gasteiger partial charge in [-0.25, -0.2) is 9.37 Å². The highest BCUT2D eigenvalue weighted by atomic mass is 19.1. The Morgan fingerprint density at radius 1 is 1.13 bits per heavy atom. The third-order valence-corrected chi connectivity index (χ3v) is 4.75. The standard InChI is InChI=1S/C18H20FN3O/c19-14-3-1-12-2-6-17(21-16(12)11-14)22-9-7-13(8-10-22)18(23)20-15-4-5-15/h1-3,6,11,13,15H,4-5,7-10H2,(H,20,23). The molecule has 0 bridgehead atoms. The van der Waals surface area contributed by atoms with Gasteiger partial charge in [0.2, 0.25) is 5.91 Å². The summed E-state index contributed by atoms with van der Waals surface area (Å²) in [5.41, 5.74) is 0.677. The number of piperidine rings is 1. The minimum absolute atomic E-state index is 0.116. The third kappa shape index (κ3) is 3.14. The van der Waals surface area contributed by atoms with Crippen LogP contribution in [0.4, 0.5) is 10.2 Å². The maximum absolute atomic E-state index is 13.4. The minimum atomic E-state index is -0.266. The number of halogens is 1. The number of rotatable bonds is 3. The fourth-order valence-corrected chi connectivity index (χ4v) is 3.17. The van der Waals surface area contributed by atoms with Gasteiger partial charge in [0.1, 0.15) is 11.6 Å². The number of carbonyl (C=O) groups is 1. The quantitative estimate of drug-likeness (QED) is 0.948. The smallest absolute Gasteiger partial charge is 0.223 e. The highest BCUT2D eigenvalue weighted by molar-refractivity contribution is 5.81. The van der Waals surface area contributed by atoms with Crippen LogP contribution in [-0.2, 0) is 4.79 Å². The number of aromatic nitrogens is 1. The van der Waals surface area contributed by atoms with Gasteiger partial charge < -0.3 is 10.2 Å². The molecule has 1 aliphatic carbocycles. The molecule has 120 valence electrons. The molecule has 1 aliphatic heterocycles. The van der Waals surface area contributed by atoms with E-state index in [4.69, 9.17) is 0 Å². The fraction of sp³-hybridized carbons (Fsp3) is 0.444. The summed E-state index contributed by atoms with van der Waals surface area (Å²) in [5, 5.41) is 4.03. The Kier molecular flexibility index (Phi) is 3.63.